The van der Waals surface area contributed by atoms with E-state index in [0.717, 1.165) is 23.1 Å². The number of hydrogen-bond donors (Lipinski definition) is 1. The second kappa shape index (κ2) is 7.40. The molecule has 0 aliphatic carbocycles. The van der Waals surface area contributed by atoms with Crippen molar-refractivity contribution >= 4 is 29.3 Å². The summed E-state index contributed by atoms with van der Waals surface area (Å²) in [4.78, 5) is 23.9. The number of carbonyl (C=O) groups is 2. The molecule has 0 bridgehead atoms. The van der Waals surface area contributed by atoms with E-state index in [0.29, 0.717) is 23.5 Å². The lowest BCUT2D eigenvalue weighted by atomic mass is 10.2. The number of aryl methyl sites for hydroxylation is 1. The Morgan fingerprint density at radius 1 is 1.19 bits per heavy atom. The molecule has 1 aromatic carbocycles. The second-order valence-electron chi connectivity index (χ2n) is 5.50. The van der Waals surface area contributed by atoms with Gasteiger partial charge < -0.3 is 10.1 Å². The highest BCUT2D eigenvalue weighted by Gasteiger charge is 2.18. The van der Waals surface area contributed by atoms with Gasteiger partial charge in [0.15, 0.2) is 5.69 Å². The molecule has 1 N–H and O–H groups in total. The summed E-state index contributed by atoms with van der Waals surface area (Å²) >= 11 is 1.14. The Hall–Kier alpha value is -3.14. The molecule has 26 heavy (non-hydrogen) atoms. The van der Waals surface area contributed by atoms with Crippen LogP contribution < -0.4 is 5.32 Å². The number of esters is 1. The van der Waals surface area contributed by atoms with Crippen LogP contribution >= 0.6 is 11.7 Å². The van der Waals surface area contributed by atoms with Gasteiger partial charge in [-0.25, -0.2) is 9.48 Å². The van der Waals surface area contributed by atoms with E-state index in [-0.39, 0.29) is 11.6 Å². The van der Waals surface area contributed by atoms with Gasteiger partial charge in [0.05, 0.1) is 48.0 Å². The highest BCUT2D eigenvalue weighted by molar-refractivity contribution is 6.99. The quantitative estimate of drug-likeness (QED) is 0.680. The van der Waals surface area contributed by atoms with Crippen LogP contribution in [-0.4, -0.2) is 42.7 Å². The maximum absolute atomic E-state index is 12.4. The summed E-state index contributed by atoms with van der Waals surface area (Å²) < 4.78 is 14.6. The first-order valence-electron chi connectivity index (χ1n) is 7.67. The Balaban J connectivity index is 1.72. The Bertz CT molecular complexity index is 947. The molecule has 0 aliphatic heterocycles. The van der Waals surface area contributed by atoms with Crippen molar-refractivity contribution in [3.63, 3.8) is 0 Å². The molecular weight excluding hydrogens is 356 g/mol. The number of ether oxygens (including phenoxy) is 1. The molecule has 9 nitrogen and oxygen atoms in total. The zero-order chi connectivity index (χ0) is 18.7. The Morgan fingerprint density at radius 2 is 1.92 bits per heavy atom. The van der Waals surface area contributed by atoms with Gasteiger partial charge in [0, 0.05) is 5.69 Å². The van der Waals surface area contributed by atoms with Crippen LogP contribution in [0.1, 0.15) is 37.9 Å². The van der Waals surface area contributed by atoms with Crippen molar-refractivity contribution in [2.75, 3.05) is 12.4 Å². The summed E-state index contributed by atoms with van der Waals surface area (Å²) in [6.07, 6.45) is 0. The molecule has 0 saturated heterocycles. The molecule has 0 fully saturated rings. The number of nitrogens with one attached hydrogen (secondary N) is 1. The minimum absolute atomic E-state index is 0.225. The van der Waals surface area contributed by atoms with Gasteiger partial charge in [-0.1, -0.05) is 5.21 Å². The normalized spacial score (nSPS) is 10.6. The maximum atomic E-state index is 12.4. The van der Waals surface area contributed by atoms with Gasteiger partial charge in [0.2, 0.25) is 0 Å². The number of aromatic nitrogens is 5. The zero-order valence-corrected chi connectivity index (χ0v) is 15.2. The number of rotatable bonds is 5. The Morgan fingerprint density at radius 3 is 2.54 bits per heavy atom. The average molecular weight is 372 g/mol. The summed E-state index contributed by atoms with van der Waals surface area (Å²) in [6.45, 7) is 4.05. The van der Waals surface area contributed by atoms with E-state index in [2.05, 4.69) is 29.1 Å². The topological polar surface area (TPSA) is 112 Å². The summed E-state index contributed by atoms with van der Waals surface area (Å²) in [5.74, 6) is -0.818. The van der Waals surface area contributed by atoms with Gasteiger partial charge in [-0.2, -0.15) is 8.75 Å². The van der Waals surface area contributed by atoms with Crippen molar-refractivity contribution in [3.8, 4) is 0 Å². The van der Waals surface area contributed by atoms with E-state index in [1.165, 1.54) is 7.11 Å². The summed E-state index contributed by atoms with van der Waals surface area (Å²) in [7, 11) is 1.31. The van der Waals surface area contributed by atoms with Crippen LogP contribution in [0.2, 0.25) is 0 Å². The fourth-order valence-electron chi connectivity index (χ4n) is 2.25. The molecule has 2 aromatic heterocycles. The standard InChI is InChI=1S/C16H16N6O3S/c1-9-13(20-26-19-9)8-22-10(2)14(18-21-22)15(23)17-12-6-4-11(5-7-12)16(24)25-3/h4-7H,8H2,1-3H3,(H,17,23). The van der Waals surface area contributed by atoms with Gasteiger partial charge in [-0.05, 0) is 38.1 Å². The molecule has 0 aliphatic rings. The number of amides is 1. The lowest BCUT2D eigenvalue weighted by Gasteiger charge is -2.05. The molecule has 3 aromatic rings. The van der Waals surface area contributed by atoms with Crippen molar-refractivity contribution in [2.45, 2.75) is 20.4 Å². The number of nitrogens with zero attached hydrogens (tertiary/aromatic N) is 5. The molecule has 1 amide bonds. The van der Waals surface area contributed by atoms with Gasteiger partial charge in [0.25, 0.3) is 5.91 Å². The average Bonchev–Trinajstić information content (AvgIpc) is 3.21. The van der Waals surface area contributed by atoms with Gasteiger partial charge >= 0.3 is 5.97 Å². The van der Waals surface area contributed by atoms with Crippen LogP contribution in [-0.2, 0) is 11.3 Å². The molecule has 0 unspecified atom stereocenters. The molecule has 3 rings (SSSR count). The van der Waals surface area contributed by atoms with Crippen LogP contribution in [0, 0.1) is 13.8 Å². The van der Waals surface area contributed by atoms with E-state index in [9.17, 15) is 9.59 Å². The number of benzene rings is 1. The Kier molecular flexibility index (Phi) is 5.03. The van der Waals surface area contributed by atoms with Gasteiger partial charge in [-0.15, -0.1) is 5.10 Å². The van der Waals surface area contributed by atoms with Crippen molar-refractivity contribution < 1.29 is 14.3 Å². The number of hydrogen-bond acceptors (Lipinski definition) is 8. The van der Waals surface area contributed by atoms with Crippen molar-refractivity contribution in [2.24, 2.45) is 0 Å². The van der Waals surface area contributed by atoms with Crippen molar-refractivity contribution in [1.29, 1.82) is 0 Å². The minimum atomic E-state index is -0.437. The third kappa shape index (κ3) is 3.59. The molecule has 0 atom stereocenters. The zero-order valence-electron chi connectivity index (χ0n) is 14.4. The van der Waals surface area contributed by atoms with E-state index in [1.807, 2.05) is 6.92 Å². The van der Waals surface area contributed by atoms with Crippen LogP contribution in [0.25, 0.3) is 0 Å². The summed E-state index contributed by atoms with van der Waals surface area (Å²) in [5.41, 5.74) is 3.43. The summed E-state index contributed by atoms with van der Waals surface area (Å²) in [5, 5.41) is 10.7. The smallest absolute Gasteiger partial charge is 0.337 e. The predicted molar refractivity (Wildman–Crippen MR) is 94.2 cm³/mol. The Labute approximate surface area is 153 Å². The first-order chi connectivity index (χ1) is 12.5. The number of anilines is 1. The minimum Gasteiger partial charge on any atom is -0.465 e. The third-order valence-corrected chi connectivity index (χ3v) is 4.46. The lowest BCUT2D eigenvalue weighted by molar-refractivity contribution is 0.0600. The third-order valence-electron chi connectivity index (χ3n) is 3.81. The predicted octanol–water partition coefficient (Wildman–Crippen LogP) is 1.83. The van der Waals surface area contributed by atoms with E-state index < -0.39 is 5.97 Å². The molecule has 10 heteroatoms. The molecule has 134 valence electrons. The van der Waals surface area contributed by atoms with Crippen LogP contribution in [0.4, 0.5) is 5.69 Å². The summed E-state index contributed by atoms with van der Waals surface area (Å²) in [6, 6.07) is 6.38. The first-order valence-corrected chi connectivity index (χ1v) is 8.40. The van der Waals surface area contributed by atoms with Crippen LogP contribution in [0.3, 0.4) is 0 Å². The molecule has 0 saturated carbocycles. The first kappa shape index (κ1) is 17.7. The molecule has 2 heterocycles. The SMILES string of the molecule is COC(=O)c1ccc(NC(=O)c2nnn(Cc3nsnc3C)c2C)cc1. The van der Waals surface area contributed by atoms with Gasteiger partial charge in [0.1, 0.15) is 0 Å². The van der Waals surface area contributed by atoms with Crippen LogP contribution in [0.5, 0.6) is 0 Å². The van der Waals surface area contributed by atoms with E-state index >= 15 is 0 Å². The molecular formula is C16H16N6O3S. The highest BCUT2D eigenvalue weighted by atomic mass is 32.1. The van der Waals surface area contributed by atoms with E-state index in [4.69, 9.17) is 0 Å². The largest absolute Gasteiger partial charge is 0.465 e. The highest BCUT2D eigenvalue weighted by Crippen LogP contribution is 2.14. The number of methoxy groups -OCH3 is 1. The number of carbonyl (C=O) groups excluding carboxylic acids is 2. The van der Waals surface area contributed by atoms with E-state index in [1.54, 1.807) is 35.9 Å². The monoisotopic (exact) mass is 372 g/mol. The molecule has 0 spiro atoms. The maximum Gasteiger partial charge on any atom is 0.337 e. The lowest BCUT2D eigenvalue weighted by Crippen LogP contribution is -2.14. The van der Waals surface area contributed by atoms with Crippen molar-refractivity contribution in [1.82, 2.24) is 23.7 Å². The fraction of sp³-hybridized carbons (Fsp3) is 0.250. The van der Waals surface area contributed by atoms with Crippen LogP contribution in [0.15, 0.2) is 24.3 Å². The molecule has 0 radical (unpaired) electrons. The second-order valence-corrected chi connectivity index (χ2v) is 6.03. The van der Waals surface area contributed by atoms with Gasteiger partial charge in [-0.3, -0.25) is 4.79 Å². The fourth-order valence-corrected chi connectivity index (χ4v) is 2.81. The van der Waals surface area contributed by atoms with Crippen molar-refractivity contribution in [3.05, 3.63) is 52.6 Å².